The molecule has 1 aliphatic heterocycles. The molecule has 0 aromatic heterocycles. The number of carbonyl (C=O) groups is 2. The van der Waals surface area contributed by atoms with Crippen molar-refractivity contribution in [3.63, 3.8) is 0 Å². The van der Waals surface area contributed by atoms with Gasteiger partial charge in [0.05, 0.1) is 17.6 Å². The highest BCUT2D eigenvalue weighted by atomic mass is 79.9. The number of nitro benzene ring substituents is 1. The van der Waals surface area contributed by atoms with Gasteiger partial charge in [-0.3, -0.25) is 19.7 Å². The van der Waals surface area contributed by atoms with Crippen molar-refractivity contribution in [2.45, 2.75) is 38.8 Å². The molecular weight excluding hydrogens is 466 g/mol. The minimum Gasteiger partial charge on any atom is -0.496 e. The van der Waals surface area contributed by atoms with Crippen LogP contribution in [0.5, 0.6) is 5.75 Å². The van der Waals surface area contributed by atoms with Crippen molar-refractivity contribution in [2.75, 3.05) is 12.4 Å². The van der Waals surface area contributed by atoms with E-state index in [1.165, 1.54) is 12.1 Å². The quantitative estimate of drug-likeness (QED) is 0.496. The second kappa shape index (κ2) is 8.30. The predicted molar refractivity (Wildman–Crippen MR) is 118 cm³/mol. The van der Waals surface area contributed by atoms with Gasteiger partial charge in [0.2, 0.25) is 5.91 Å². The van der Waals surface area contributed by atoms with Crippen LogP contribution in [-0.2, 0) is 11.3 Å². The van der Waals surface area contributed by atoms with E-state index in [1.54, 1.807) is 18.1 Å². The lowest BCUT2D eigenvalue weighted by molar-refractivity contribution is -0.385. The first-order valence-corrected chi connectivity index (χ1v) is 10.8. The van der Waals surface area contributed by atoms with Gasteiger partial charge in [0.15, 0.2) is 0 Å². The van der Waals surface area contributed by atoms with E-state index in [9.17, 15) is 19.7 Å². The number of fused-ring (bicyclic) bond motifs is 1. The third kappa shape index (κ3) is 4.01. The number of nitrogens with one attached hydrogen (secondary N) is 1. The molecule has 0 spiro atoms. The Morgan fingerprint density at radius 3 is 2.77 bits per heavy atom. The molecule has 1 fully saturated rings. The van der Waals surface area contributed by atoms with Crippen LogP contribution >= 0.6 is 15.9 Å². The molecule has 162 valence electrons. The van der Waals surface area contributed by atoms with Crippen LogP contribution in [0.25, 0.3) is 0 Å². The van der Waals surface area contributed by atoms with Crippen LogP contribution in [0.2, 0.25) is 0 Å². The smallest absolute Gasteiger partial charge is 0.271 e. The van der Waals surface area contributed by atoms with Gasteiger partial charge in [0.1, 0.15) is 5.75 Å². The van der Waals surface area contributed by atoms with E-state index in [4.69, 9.17) is 4.74 Å². The zero-order chi connectivity index (χ0) is 22.3. The van der Waals surface area contributed by atoms with Gasteiger partial charge in [0, 0.05) is 46.9 Å². The van der Waals surface area contributed by atoms with E-state index in [-0.39, 0.29) is 29.5 Å². The molecule has 2 atom stereocenters. The Hall–Kier alpha value is -2.94. The summed E-state index contributed by atoms with van der Waals surface area (Å²) < 4.78 is 5.87. The van der Waals surface area contributed by atoms with Crippen LogP contribution in [-0.4, -0.2) is 34.8 Å². The number of carbonyl (C=O) groups excluding carboxylic acids is 2. The molecule has 2 aromatic rings. The maximum Gasteiger partial charge on any atom is 0.271 e. The minimum absolute atomic E-state index is 0.0746. The fraction of sp³-hybridized carbons (Fsp3) is 0.364. The van der Waals surface area contributed by atoms with E-state index in [1.807, 2.05) is 19.1 Å². The molecule has 1 heterocycles. The largest absolute Gasteiger partial charge is 0.496 e. The summed E-state index contributed by atoms with van der Waals surface area (Å²) >= 11 is 3.36. The van der Waals surface area contributed by atoms with Gasteiger partial charge in [-0.1, -0.05) is 22.0 Å². The molecule has 1 unspecified atom stereocenters. The van der Waals surface area contributed by atoms with Crippen molar-refractivity contribution in [1.82, 2.24) is 4.90 Å². The number of anilines is 1. The van der Waals surface area contributed by atoms with Crippen LogP contribution in [0.4, 0.5) is 11.4 Å². The average molecular weight is 488 g/mol. The minimum atomic E-state index is -0.503. The summed E-state index contributed by atoms with van der Waals surface area (Å²) in [5.74, 6) is 0.219. The number of aryl methyl sites for hydroxylation is 1. The molecular formula is C22H22BrN3O5. The van der Waals surface area contributed by atoms with Crippen LogP contribution in [0.3, 0.4) is 0 Å². The van der Waals surface area contributed by atoms with E-state index in [0.717, 1.165) is 17.5 Å². The Labute approximate surface area is 187 Å². The Balaban J connectivity index is 1.44. The van der Waals surface area contributed by atoms with Gasteiger partial charge in [-0.25, -0.2) is 0 Å². The van der Waals surface area contributed by atoms with Crippen LogP contribution in [0.1, 0.15) is 40.7 Å². The number of hydrogen-bond acceptors (Lipinski definition) is 5. The molecule has 2 aliphatic rings. The van der Waals surface area contributed by atoms with Crippen LogP contribution in [0.15, 0.2) is 34.8 Å². The first-order valence-electron chi connectivity index (χ1n) is 10.0. The molecule has 2 amide bonds. The van der Waals surface area contributed by atoms with Crippen LogP contribution < -0.4 is 10.1 Å². The Morgan fingerprint density at radius 1 is 1.29 bits per heavy atom. The third-order valence-electron chi connectivity index (χ3n) is 6.10. The standard InChI is InChI=1S/C22H22BrN3O5/c1-12-3-5-14(8-20(12)31-2)24-21(27)13-4-6-15(7-13)25-11-18-17(22(25)28)9-16(26(29)30)10-19(18)23/h3,5,8-10,13,15H,4,6-7,11H2,1-2H3,(H,24,27)/t13-,15?/m1/s1. The van der Waals surface area contributed by atoms with E-state index >= 15 is 0 Å². The lowest BCUT2D eigenvalue weighted by Crippen LogP contribution is -2.34. The number of halogens is 1. The number of nitrogens with zero attached hydrogens (tertiary/aromatic N) is 2. The fourth-order valence-corrected chi connectivity index (χ4v) is 4.97. The summed E-state index contributed by atoms with van der Waals surface area (Å²) in [6.45, 7) is 2.32. The molecule has 1 aliphatic carbocycles. The SMILES string of the molecule is COc1cc(NC(=O)[C@@H]2CCC(N3Cc4c(Br)cc([N+](=O)[O-])cc4C3=O)C2)ccc1C. The average Bonchev–Trinajstić information content (AvgIpc) is 3.35. The summed E-state index contributed by atoms with van der Waals surface area (Å²) in [4.78, 5) is 38.1. The second-order valence-corrected chi connectivity index (χ2v) is 8.84. The summed E-state index contributed by atoms with van der Waals surface area (Å²) in [6, 6.07) is 8.22. The van der Waals surface area contributed by atoms with Gasteiger partial charge in [-0.15, -0.1) is 0 Å². The summed E-state index contributed by atoms with van der Waals surface area (Å²) in [5, 5.41) is 14.1. The first kappa shape index (κ1) is 21.3. The molecule has 0 bridgehead atoms. The topological polar surface area (TPSA) is 102 Å². The number of methoxy groups -OCH3 is 1. The first-order chi connectivity index (χ1) is 14.8. The number of non-ortho nitro benzene ring substituents is 1. The normalized spacial score (nSPS) is 20.0. The lowest BCUT2D eigenvalue weighted by atomic mass is 10.1. The van der Waals surface area contributed by atoms with Gasteiger partial charge in [-0.2, -0.15) is 0 Å². The molecule has 4 rings (SSSR count). The molecule has 0 radical (unpaired) electrons. The van der Waals surface area contributed by atoms with Gasteiger partial charge in [0.25, 0.3) is 11.6 Å². The van der Waals surface area contributed by atoms with Gasteiger partial charge in [-0.05, 0) is 43.4 Å². The Kier molecular flexibility index (Phi) is 5.70. The number of amides is 2. The zero-order valence-electron chi connectivity index (χ0n) is 17.2. The monoisotopic (exact) mass is 487 g/mol. The molecule has 1 N–H and O–H groups in total. The van der Waals surface area contributed by atoms with Crippen molar-refractivity contribution in [2.24, 2.45) is 5.92 Å². The van der Waals surface area contributed by atoms with Crippen molar-refractivity contribution in [3.05, 3.63) is 61.6 Å². The van der Waals surface area contributed by atoms with Crippen molar-refractivity contribution in [1.29, 1.82) is 0 Å². The maximum absolute atomic E-state index is 12.9. The van der Waals surface area contributed by atoms with Crippen molar-refractivity contribution in [3.8, 4) is 5.75 Å². The number of nitro groups is 1. The molecule has 2 aromatic carbocycles. The molecule has 0 saturated heterocycles. The lowest BCUT2D eigenvalue weighted by Gasteiger charge is -2.24. The summed E-state index contributed by atoms with van der Waals surface area (Å²) in [6.07, 6.45) is 1.96. The highest BCUT2D eigenvalue weighted by Gasteiger charge is 2.40. The third-order valence-corrected chi connectivity index (χ3v) is 6.81. The van der Waals surface area contributed by atoms with E-state index in [2.05, 4.69) is 21.2 Å². The Bertz CT molecular complexity index is 1090. The summed E-state index contributed by atoms with van der Waals surface area (Å²) in [7, 11) is 1.59. The fourth-order valence-electron chi connectivity index (χ4n) is 4.39. The van der Waals surface area contributed by atoms with Gasteiger partial charge >= 0.3 is 0 Å². The highest BCUT2D eigenvalue weighted by molar-refractivity contribution is 9.10. The van der Waals surface area contributed by atoms with Crippen molar-refractivity contribution < 1.29 is 19.2 Å². The molecule has 31 heavy (non-hydrogen) atoms. The molecule has 1 saturated carbocycles. The Morgan fingerprint density at radius 2 is 2.06 bits per heavy atom. The number of hydrogen-bond donors (Lipinski definition) is 1. The molecule has 9 heteroatoms. The number of benzene rings is 2. The second-order valence-electron chi connectivity index (χ2n) is 7.98. The van der Waals surface area contributed by atoms with E-state index < -0.39 is 4.92 Å². The van der Waals surface area contributed by atoms with Crippen LogP contribution in [0, 0.1) is 23.0 Å². The number of rotatable bonds is 5. The predicted octanol–water partition coefficient (Wildman–Crippen LogP) is 4.44. The molecule has 8 nitrogen and oxygen atoms in total. The van der Waals surface area contributed by atoms with Crippen molar-refractivity contribution >= 4 is 39.1 Å². The summed E-state index contributed by atoms with van der Waals surface area (Å²) in [5.41, 5.74) is 2.67. The maximum atomic E-state index is 12.9. The number of ether oxygens (including phenoxy) is 1. The zero-order valence-corrected chi connectivity index (χ0v) is 18.8. The van der Waals surface area contributed by atoms with E-state index in [0.29, 0.717) is 40.9 Å². The van der Waals surface area contributed by atoms with Gasteiger partial charge < -0.3 is 15.0 Å². The highest BCUT2D eigenvalue weighted by Crippen LogP contribution is 2.39.